The Morgan fingerprint density at radius 2 is 0.878 bits per heavy atom. The number of hydrogen-bond donors (Lipinski definition) is 0. The molecule has 10 rings (SSSR count). The van der Waals surface area contributed by atoms with E-state index in [1.54, 1.807) is 0 Å². The second-order valence-corrected chi connectivity index (χ2v) is 12.1. The van der Waals surface area contributed by atoms with Crippen molar-refractivity contribution in [2.75, 3.05) is 0 Å². The zero-order valence-corrected chi connectivity index (χ0v) is 26.0. The Kier molecular flexibility index (Phi) is 4.53. The van der Waals surface area contributed by atoms with Crippen LogP contribution in [0.4, 0.5) is 0 Å². The Morgan fingerprint density at radius 1 is 0.347 bits per heavy atom. The van der Waals surface area contributed by atoms with Crippen molar-refractivity contribution in [1.29, 1.82) is 0 Å². The number of rotatable bonds is 4. The van der Waals surface area contributed by atoms with E-state index in [-0.39, 0.29) is 68.5 Å². The van der Waals surface area contributed by atoms with Gasteiger partial charge in [-0.25, -0.2) is 0 Å². The molecule has 9 aromatic carbocycles. The Morgan fingerprint density at radius 3 is 1.57 bits per heavy atom. The van der Waals surface area contributed by atoms with Crippen molar-refractivity contribution in [3.05, 3.63) is 182 Å². The molecule has 0 saturated carbocycles. The van der Waals surface area contributed by atoms with Gasteiger partial charge in [-0.2, -0.15) is 0 Å². The van der Waals surface area contributed by atoms with Gasteiger partial charge in [0.2, 0.25) is 0 Å². The first-order chi connectivity index (χ1) is 28.1. The van der Waals surface area contributed by atoms with Gasteiger partial charge in [0, 0.05) is 10.8 Å². The quantitative estimate of drug-likeness (QED) is 0.176. The lowest BCUT2D eigenvalue weighted by molar-refractivity contribution is 0.669. The molecule has 0 amide bonds. The highest BCUT2D eigenvalue weighted by molar-refractivity contribution is 6.23. The summed E-state index contributed by atoms with van der Waals surface area (Å²) in [7, 11) is 0. The molecule has 0 saturated heterocycles. The van der Waals surface area contributed by atoms with Crippen molar-refractivity contribution in [3.8, 4) is 44.5 Å². The van der Waals surface area contributed by atoms with Crippen molar-refractivity contribution >= 4 is 54.3 Å². The second kappa shape index (κ2) is 11.1. The smallest absolute Gasteiger partial charge is 0.136 e. The van der Waals surface area contributed by atoms with Crippen LogP contribution in [0, 0.1) is 0 Å². The lowest BCUT2D eigenvalue weighted by atomic mass is 9.83. The van der Waals surface area contributed by atoms with E-state index in [0.29, 0.717) is 5.56 Å². The Bertz CT molecular complexity index is 3320. The molecule has 0 atom stereocenters. The van der Waals surface area contributed by atoms with E-state index in [4.69, 9.17) is 11.3 Å². The van der Waals surface area contributed by atoms with Gasteiger partial charge in [-0.15, -0.1) is 0 Å². The number of hydrogen-bond acceptors (Lipinski definition) is 1. The van der Waals surface area contributed by atoms with Gasteiger partial charge in [-0.1, -0.05) is 158 Å². The predicted octanol–water partition coefficient (Wildman–Crippen LogP) is 13.7. The van der Waals surface area contributed by atoms with Crippen LogP contribution >= 0.6 is 0 Å². The van der Waals surface area contributed by atoms with Crippen LogP contribution in [0.3, 0.4) is 0 Å². The van der Waals surface area contributed by atoms with Crippen LogP contribution in [0.2, 0.25) is 0 Å². The minimum absolute atomic E-state index is 0.00489. The monoisotopic (exact) mass is 631 g/mol. The molecular formula is C48H30O. The summed E-state index contributed by atoms with van der Waals surface area (Å²) in [5.41, 5.74) is 6.71. The fourth-order valence-electron chi connectivity index (χ4n) is 7.10. The zero-order valence-electron chi connectivity index (χ0n) is 35.0. The molecule has 0 spiro atoms. The summed E-state index contributed by atoms with van der Waals surface area (Å²) in [6, 6.07) is 39.3. The van der Waals surface area contributed by atoms with Crippen LogP contribution in [0.5, 0.6) is 0 Å². The van der Waals surface area contributed by atoms with Crippen LogP contribution in [0.1, 0.15) is 12.3 Å². The Hall–Kier alpha value is -6.44. The molecule has 1 nitrogen and oxygen atoms in total. The molecule has 0 fully saturated rings. The van der Waals surface area contributed by atoms with Crippen molar-refractivity contribution in [3.63, 3.8) is 0 Å². The average Bonchev–Trinajstić information content (AvgIpc) is 3.68. The topological polar surface area (TPSA) is 13.1 Å². The number of fused-ring (bicyclic) bond motifs is 6. The summed E-state index contributed by atoms with van der Waals surface area (Å²) in [6.07, 6.45) is 0. The Balaban J connectivity index is 1.28. The SMILES string of the molecule is [2H]c1c(-c2c3ccccc3c(-c3ccccc3-c3ccc(-c4ccccc4)cc3)c3ccccc23)c([2H])c2c(oc3c([2H])c4c([2H])c([2H])c([2H])c([2H])c4c([2H])c32)c1[2H]. The van der Waals surface area contributed by atoms with Gasteiger partial charge in [0.1, 0.15) is 11.2 Å². The van der Waals surface area contributed by atoms with E-state index in [0.717, 1.165) is 54.9 Å². The first-order valence-corrected chi connectivity index (χ1v) is 16.1. The van der Waals surface area contributed by atoms with E-state index in [9.17, 15) is 5.48 Å². The molecule has 1 heterocycles. The van der Waals surface area contributed by atoms with Gasteiger partial charge in [-0.3, -0.25) is 0 Å². The highest BCUT2D eigenvalue weighted by Crippen LogP contribution is 2.47. The van der Waals surface area contributed by atoms with Crippen LogP contribution < -0.4 is 0 Å². The maximum Gasteiger partial charge on any atom is 0.136 e. The van der Waals surface area contributed by atoms with E-state index in [1.807, 2.05) is 78.9 Å². The summed E-state index contributed by atoms with van der Waals surface area (Å²) in [5, 5.41) is 2.97. The molecule has 1 heteroatoms. The van der Waals surface area contributed by atoms with Gasteiger partial charge in [0.15, 0.2) is 0 Å². The third-order valence-corrected chi connectivity index (χ3v) is 9.32. The number of benzene rings is 9. The third-order valence-electron chi connectivity index (χ3n) is 9.32. The number of furan rings is 1. The van der Waals surface area contributed by atoms with Gasteiger partial charge in [0.25, 0.3) is 0 Å². The fourth-order valence-corrected chi connectivity index (χ4v) is 7.10. The van der Waals surface area contributed by atoms with Crippen molar-refractivity contribution in [1.82, 2.24) is 0 Å². The normalized spacial score (nSPS) is 14.2. The molecule has 0 unspecified atom stereocenters. The Labute approximate surface area is 297 Å². The lowest BCUT2D eigenvalue weighted by Gasteiger charge is -2.20. The van der Waals surface area contributed by atoms with Crippen LogP contribution in [0.25, 0.3) is 98.8 Å². The van der Waals surface area contributed by atoms with E-state index < -0.39 is 24.2 Å². The van der Waals surface area contributed by atoms with Crippen molar-refractivity contribution in [2.45, 2.75) is 0 Å². The van der Waals surface area contributed by atoms with Crippen LogP contribution in [-0.2, 0) is 0 Å². The van der Waals surface area contributed by atoms with Crippen LogP contribution in [0.15, 0.2) is 186 Å². The molecule has 0 aliphatic heterocycles. The van der Waals surface area contributed by atoms with E-state index in [2.05, 4.69) is 48.5 Å². The maximum absolute atomic E-state index is 9.80. The standard InChI is InChI=1S/C48H30O/c1-2-12-31(13-3-1)32-22-24-33(25-23-32)37-16-6-7-17-38(37)48-41-20-10-8-18-39(41)47(40-19-9-11-21-42(40)48)36-26-27-45-43(29-36)44-28-34-14-4-5-15-35(34)30-46(44)49-45/h1-30H/i4D,5D,14D,15D,26D,27D,28D,29D,30D. The molecule has 0 N–H and O–H groups in total. The summed E-state index contributed by atoms with van der Waals surface area (Å²) >= 11 is 0. The molecule has 0 radical (unpaired) electrons. The zero-order chi connectivity index (χ0) is 40.1. The molecule has 0 aliphatic carbocycles. The van der Waals surface area contributed by atoms with Gasteiger partial charge < -0.3 is 4.42 Å². The van der Waals surface area contributed by atoms with Gasteiger partial charge in [0.05, 0.1) is 12.3 Å². The molecule has 1 aromatic heterocycles. The first-order valence-electron chi connectivity index (χ1n) is 20.6. The maximum atomic E-state index is 9.80. The fraction of sp³-hybridized carbons (Fsp3) is 0. The summed E-state index contributed by atoms with van der Waals surface area (Å²) in [5.74, 6) is 0. The lowest BCUT2D eigenvalue weighted by Crippen LogP contribution is -1.92. The predicted molar refractivity (Wildman–Crippen MR) is 208 cm³/mol. The highest BCUT2D eigenvalue weighted by atomic mass is 16.3. The van der Waals surface area contributed by atoms with Crippen molar-refractivity contribution in [2.24, 2.45) is 0 Å². The molecule has 10 aromatic rings. The molecule has 0 bridgehead atoms. The minimum atomic E-state index is -0.539. The van der Waals surface area contributed by atoms with Crippen LogP contribution in [-0.4, -0.2) is 0 Å². The molecule has 0 aliphatic rings. The van der Waals surface area contributed by atoms with Gasteiger partial charge >= 0.3 is 0 Å². The van der Waals surface area contributed by atoms with Crippen molar-refractivity contribution < 1.29 is 16.8 Å². The third kappa shape index (κ3) is 4.47. The first kappa shape index (κ1) is 20.0. The largest absolute Gasteiger partial charge is 0.456 e. The average molecular weight is 632 g/mol. The van der Waals surface area contributed by atoms with E-state index >= 15 is 0 Å². The summed E-state index contributed by atoms with van der Waals surface area (Å²) in [6.45, 7) is 0. The second-order valence-electron chi connectivity index (χ2n) is 12.1. The molecular weight excluding hydrogens is 593 g/mol. The minimum Gasteiger partial charge on any atom is -0.456 e. The molecule has 228 valence electrons. The summed E-state index contributed by atoms with van der Waals surface area (Å²) < 4.78 is 86.6. The van der Waals surface area contributed by atoms with Gasteiger partial charge in [-0.05, 0) is 101 Å². The highest BCUT2D eigenvalue weighted by Gasteiger charge is 2.20. The molecule has 49 heavy (non-hydrogen) atoms. The summed E-state index contributed by atoms with van der Waals surface area (Å²) in [4.78, 5) is 0. The van der Waals surface area contributed by atoms with E-state index in [1.165, 1.54) is 0 Å².